The van der Waals surface area contributed by atoms with E-state index >= 15 is 0 Å². The zero-order chi connectivity index (χ0) is 21.2. The number of ether oxygens (including phenoxy) is 2. The van der Waals surface area contributed by atoms with Crippen molar-refractivity contribution < 1.29 is 27.4 Å². The van der Waals surface area contributed by atoms with E-state index in [4.69, 9.17) is 21.1 Å². The van der Waals surface area contributed by atoms with Crippen molar-refractivity contribution in [1.29, 1.82) is 0 Å². The fraction of sp³-hybridized carbons (Fsp3) is 0.409. The van der Waals surface area contributed by atoms with Crippen LogP contribution in [0, 0.1) is 0 Å². The molecule has 0 saturated heterocycles. The van der Waals surface area contributed by atoms with Gasteiger partial charge in [0.2, 0.25) is 0 Å². The van der Waals surface area contributed by atoms with Crippen LogP contribution in [0.3, 0.4) is 0 Å². The molecule has 0 heterocycles. The number of carbonyl (C=O) groups is 1. The van der Waals surface area contributed by atoms with Gasteiger partial charge in [0.1, 0.15) is 11.4 Å². The SMILES string of the molecule is CC(C)c1ccc(-c2cc(C3(OC=O)CCC3)cc(Cl)c2OCC(F)(F)F)cc1. The maximum atomic E-state index is 12.8. The summed E-state index contributed by atoms with van der Waals surface area (Å²) in [5.74, 6) is 0.282. The molecule has 0 spiro atoms. The topological polar surface area (TPSA) is 35.5 Å². The predicted octanol–water partition coefficient (Wildman–Crippen LogP) is 6.62. The zero-order valence-corrected chi connectivity index (χ0v) is 16.9. The lowest BCUT2D eigenvalue weighted by Crippen LogP contribution is -2.37. The number of carbonyl (C=O) groups excluding carboxylic acids is 1. The molecule has 1 aliphatic carbocycles. The Kier molecular flexibility index (Phi) is 6.13. The van der Waals surface area contributed by atoms with E-state index in [2.05, 4.69) is 13.8 Å². The Morgan fingerprint density at radius 2 is 1.83 bits per heavy atom. The number of rotatable bonds is 7. The van der Waals surface area contributed by atoms with Crippen LogP contribution in [-0.4, -0.2) is 19.3 Å². The molecule has 1 saturated carbocycles. The minimum Gasteiger partial charge on any atom is -0.482 e. The molecule has 3 nitrogen and oxygen atoms in total. The number of halogens is 4. The minimum absolute atomic E-state index is 0.0365. The van der Waals surface area contributed by atoms with Crippen molar-refractivity contribution in [3.8, 4) is 16.9 Å². The fourth-order valence-corrected chi connectivity index (χ4v) is 3.76. The van der Waals surface area contributed by atoms with Crippen LogP contribution in [0.25, 0.3) is 11.1 Å². The highest BCUT2D eigenvalue weighted by molar-refractivity contribution is 6.32. The van der Waals surface area contributed by atoms with Crippen LogP contribution in [-0.2, 0) is 15.1 Å². The summed E-state index contributed by atoms with van der Waals surface area (Å²) in [6, 6.07) is 10.8. The lowest BCUT2D eigenvalue weighted by molar-refractivity contribution is -0.155. The van der Waals surface area contributed by atoms with Gasteiger partial charge in [0.15, 0.2) is 6.61 Å². The first kappa shape index (κ1) is 21.5. The van der Waals surface area contributed by atoms with Gasteiger partial charge in [-0.25, -0.2) is 0 Å². The summed E-state index contributed by atoms with van der Waals surface area (Å²) in [5, 5.41) is 0.0514. The Bertz CT molecular complexity index is 872. The Morgan fingerprint density at radius 1 is 1.17 bits per heavy atom. The summed E-state index contributed by atoms with van der Waals surface area (Å²) in [4.78, 5) is 11.0. The van der Waals surface area contributed by atoms with Crippen LogP contribution < -0.4 is 4.74 Å². The van der Waals surface area contributed by atoms with E-state index in [0.717, 1.165) is 12.0 Å². The Labute approximate surface area is 172 Å². The molecule has 0 unspecified atom stereocenters. The van der Waals surface area contributed by atoms with Gasteiger partial charge in [-0.05, 0) is 54.0 Å². The van der Waals surface area contributed by atoms with Crippen molar-refractivity contribution in [3.05, 3.63) is 52.5 Å². The molecular formula is C22H22ClF3O3. The van der Waals surface area contributed by atoms with Gasteiger partial charge in [0.05, 0.1) is 5.02 Å². The van der Waals surface area contributed by atoms with Crippen LogP contribution in [0.4, 0.5) is 13.2 Å². The molecule has 0 aliphatic heterocycles. The quantitative estimate of drug-likeness (QED) is 0.466. The summed E-state index contributed by atoms with van der Waals surface area (Å²) >= 11 is 6.35. The van der Waals surface area contributed by atoms with Crippen molar-refractivity contribution in [3.63, 3.8) is 0 Å². The molecule has 0 radical (unpaired) electrons. The average molecular weight is 427 g/mol. The molecule has 0 aromatic heterocycles. The summed E-state index contributed by atoms with van der Waals surface area (Å²) in [5.41, 5.74) is 2.08. The van der Waals surface area contributed by atoms with E-state index in [1.54, 1.807) is 6.07 Å². The first-order valence-electron chi connectivity index (χ1n) is 9.40. The van der Waals surface area contributed by atoms with E-state index in [9.17, 15) is 18.0 Å². The number of benzene rings is 2. The molecule has 29 heavy (non-hydrogen) atoms. The van der Waals surface area contributed by atoms with Crippen LogP contribution in [0.15, 0.2) is 36.4 Å². The molecule has 0 N–H and O–H groups in total. The highest BCUT2D eigenvalue weighted by Crippen LogP contribution is 2.48. The number of hydrogen-bond acceptors (Lipinski definition) is 3. The van der Waals surface area contributed by atoms with Crippen molar-refractivity contribution in [2.45, 2.75) is 50.8 Å². The molecule has 1 fully saturated rings. The highest BCUT2D eigenvalue weighted by atomic mass is 35.5. The third-order valence-corrected chi connectivity index (χ3v) is 5.55. The van der Waals surface area contributed by atoms with Gasteiger partial charge in [0, 0.05) is 5.56 Å². The van der Waals surface area contributed by atoms with Gasteiger partial charge in [-0.1, -0.05) is 49.7 Å². The van der Waals surface area contributed by atoms with E-state index in [-0.39, 0.29) is 10.8 Å². The van der Waals surface area contributed by atoms with Crippen molar-refractivity contribution in [2.24, 2.45) is 0 Å². The molecule has 156 valence electrons. The monoisotopic (exact) mass is 426 g/mol. The van der Waals surface area contributed by atoms with Gasteiger partial charge in [0.25, 0.3) is 6.47 Å². The Balaban J connectivity index is 2.09. The zero-order valence-electron chi connectivity index (χ0n) is 16.2. The third kappa shape index (κ3) is 4.69. The molecule has 7 heteroatoms. The second-order valence-corrected chi connectivity index (χ2v) is 7.98. The maximum Gasteiger partial charge on any atom is 0.422 e. The normalized spacial score (nSPS) is 15.7. The first-order chi connectivity index (χ1) is 13.6. The van der Waals surface area contributed by atoms with E-state index in [1.807, 2.05) is 24.3 Å². The Hall–Kier alpha value is -2.21. The van der Waals surface area contributed by atoms with E-state index in [0.29, 0.717) is 41.9 Å². The lowest BCUT2D eigenvalue weighted by Gasteiger charge is -2.40. The van der Waals surface area contributed by atoms with Gasteiger partial charge >= 0.3 is 6.18 Å². The molecule has 2 aromatic carbocycles. The molecule has 0 bridgehead atoms. The molecule has 0 atom stereocenters. The van der Waals surface area contributed by atoms with Crippen molar-refractivity contribution >= 4 is 18.1 Å². The van der Waals surface area contributed by atoms with Crippen LogP contribution in [0.5, 0.6) is 5.75 Å². The molecule has 0 amide bonds. The number of hydrogen-bond donors (Lipinski definition) is 0. The summed E-state index contributed by atoms with van der Waals surface area (Å²) < 4.78 is 48.7. The number of alkyl halides is 3. The lowest BCUT2D eigenvalue weighted by atomic mass is 9.74. The van der Waals surface area contributed by atoms with Crippen LogP contribution in [0.1, 0.15) is 50.2 Å². The molecule has 2 aromatic rings. The summed E-state index contributed by atoms with van der Waals surface area (Å²) in [7, 11) is 0. The summed E-state index contributed by atoms with van der Waals surface area (Å²) in [6.07, 6.45) is -2.33. The second-order valence-electron chi connectivity index (χ2n) is 7.58. The fourth-order valence-electron chi connectivity index (χ4n) is 3.48. The van der Waals surface area contributed by atoms with Crippen molar-refractivity contribution in [1.82, 2.24) is 0 Å². The van der Waals surface area contributed by atoms with Gasteiger partial charge in [-0.15, -0.1) is 0 Å². The van der Waals surface area contributed by atoms with E-state index in [1.165, 1.54) is 6.07 Å². The summed E-state index contributed by atoms with van der Waals surface area (Å²) in [6.45, 7) is 3.07. The molecule has 1 aliphatic rings. The van der Waals surface area contributed by atoms with Gasteiger partial charge < -0.3 is 9.47 Å². The Morgan fingerprint density at radius 3 is 2.31 bits per heavy atom. The van der Waals surface area contributed by atoms with Crippen LogP contribution >= 0.6 is 11.6 Å². The van der Waals surface area contributed by atoms with Gasteiger partial charge in [-0.3, -0.25) is 4.79 Å². The standard InChI is InChI=1S/C22H22ClF3O3/c1-14(2)15-4-6-16(7-5-15)18-10-17(21(29-13-27)8-3-9-21)11-19(23)20(18)28-12-22(24,25)26/h4-7,10-11,13-14H,3,8-9,12H2,1-2H3. The minimum atomic E-state index is -4.49. The average Bonchev–Trinajstić information content (AvgIpc) is 2.62. The largest absolute Gasteiger partial charge is 0.482 e. The smallest absolute Gasteiger partial charge is 0.422 e. The highest BCUT2D eigenvalue weighted by Gasteiger charge is 2.42. The maximum absolute atomic E-state index is 12.8. The van der Waals surface area contributed by atoms with Crippen molar-refractivity contribution in [2.75, 3.05) is 6.61 Å². The van der Waals surface area contributed by atoms with Gasteiger partial charge in [-0.2, -0.15) is 13.2 Å². The third-order valence-electron chi connectivity index (χ3n) is 5.27. The molecule has 3 rings (SSSR count). The first-order valence-corrected chi connectivity index (χ1v) is 9.78. The second kappa shape index (κ2) is 8.27. The van der Waals surface area contributed by atoms with Crippen LogP contribution in [0.2, 0.25) is 5.02 Å². The molecular weight excluding hydrogens is 405 g/mol. The predicted molar refractivity (Wildman–Crippen MR) is 105 cm³/mol. The van der Waals surface area contributed by atoms with E-state index < -0.39 is 18.4 Å².